The molecule has 0 fully saturated rings. The molecule has 0 aromatic heterocycles. The third-order valence-corrected chi connectivity index (χ3v) is 6.62. The Hall–Kier alpha value is -2.75. The van der Waals surface area contributed by atoms with E-state index in [1.54, 1.807) is 0 Å². The predicted octanol–water partition coefficient (Wildman–Crippen LogP) is 4.62. The molecule has 0 spiro atoms. The van der Waals surface area contributed by atoms with Crippen LogP contribution in [-0.2, 0) is 25.8 Å². The van der Waals surface area contributed by atoms with Gasteiger partial charge in [-0.2, -0.15) is 57.6 Å². The van der Waals surface area contributed by atoms with E-state index in [1.807, 2.05) is 0 Å². The van der Waals surface area contributed by atoms with Crippen LogP contribution in [-0.4, -0.2) is 9.52 Å². The minimum Gasteiger partial charge on any atom is -1.00 e. The first-order valence-corrected chi connectivity index (χ1v) is 15.9. The molecule has 0 heterocycles. The van der Waals surface area contributed by atoms with Crippen molar-refractivity contribution >= 4 is 9.52 Å². The first-order valence-electron chi connectivity index (χ1n) is 13.6. The van der Waals surface area contributed by atoms with Crippen molar-refractivity contribution in [2.24, 2.45) is 0 Å². The molecular formula is C38H37Cl2HfSi. The summed E-state index contributed by atoms with van der Waals surface area (Å²) < 4.78 is 0. The van der Waals surface area contributed by atoms with Crippen molar-refractivity contribution in [1.82, 2.24) is 0 Å². The summed E-state index contributed by atoms with van der Waals surface area (Å²) in [7, 11) is 0.750. The maximum Gasteiger partial charge on any atom is 4.00 e. The van der Waals surface area contributed by atoms with Gasteiger partial charge in [-0.1, -0.05) is 171 Å². The summed E-state index contributed by atoms with van der Waals surface area (Å²) in [6.45, 7) is 8.77. The summed E-state index contributed by atoms with van der Waals surface area (Å²) in [4.78, 5) is 0. The SMILES string of the molecule is C[SiH]C.Cc1[cH-]cc(-c2ccccc2)c1-c1ccccc1.Cc1[cH-]cc(-c2ccccc2)c1-c1ccccc1.[Cl-].[Cl-].[Hf+4]. The van der Waals surface area contributed by atoms with Crippen LogP contribution in [0.2, 0.25) is 13.1 Å². The molecule has 0 atom stereocenters. The van der Waals surface area contributed by atoms with Crippen molar-refractivity contribution in [1.29, 1.82) is 0 Å². The van der Waals surface area contributed by atoms with Crippen LogP contribution >= 0.6 is 0 Å². The average molecular weight is 771 g/mol. The number of hydrogen-bond acceptors (Lipinski definition) is 0. The fourth-order valence-corrected chi connectivity index (χ4v) is 4.87. The van der Waals surface area contributed by atoms with E-state index in [0.717, 1.165) is 9.52 Å². The van der Waals surface area contributed by atoms with Crippen LogP contribution < -0.4 is 24.8 Å². The molecule has 0 saturated heterocycles. The Bertz CT molecular complexity index is 1420. The molecule has 0 aliphatic carbocycles. The van der Waals surface area contributed by atoms with E-state index in [1.165, 1.54) is 55.6 Å². The van der Waals surface area contributed by atoms with Gasteiger partial charge in [-0.05, 0) is 0 Å². The quantitative estimate of drug-likeness (QED) is 0.182. The Labute approximate surface area is 286 Å². The normalized spacial score (nSPS) is 9.43. The van der Waals surface area contributed by atoms with Crippen LogP contribution in [0.15, 0.2) is 146 Å². The first kappa shape index (κ1) is 37.3. The molecule has 6 aromatic rings. The fraction of sp³-hybridized carbons (Fsp3) is 0.105. The first-order chi connectivity index (χ1) is 19.1. The van der Waals surface area contributed by atoms with E-state index < -0.39 is 0 Å². The summed E-state index contributed by atoms with van der Waals surface area (Å²) in [5.74, 6) is 0. The Morgan fingerprint density at radius 2 is 0.667 bits per heavy atom. The van der Waals surface area contributed by atoms with Crippen molar-refractivity contribution in [3.05, 3.63) is 157 Å². The van der Waals surface area contributed by atoms with Crippen molar-refractivity contribution in [3.8, 4) is 44.5 Å². The number of aryl methyl sites for hydroxylation is 2. The molecule has 6 rings (SSSR count). The van der Waals surface area contributed by atoms with Gasteiger partial charge in [-0.15, -0.1) is 0 Å². The Morgan fingerprint density at radius 1 is 0.429 bits per heavy atom. The minimum absolute atomic E-state index is 0. The fourth-order valence-electron chi connectivity index (χ4n) is 4.87. The van der Waals surface area contributed by atoms with Crippen molar-refractivity contribution in [2.45, 2.75) is 26.9 Å². The molecular weight excluding hydrogens is 734 g/mol. The zero-order valence-corrected chi connectivity index (χ0v) is 30.9. The molecule has 0 nitrogen and oxygen atoms in total. The van der Waals surface area contributed by atoms with Gasteiger partial charge in [0.2, 0.25) is 0 Å². The summed E-state index contributed by atoms with van der Waals surface area (Å²) in [5, 5.41) is 0. The summed E-state index contributed by atoms with van der Waals surface area (Å²) in [5.41, 5.74) is 13.1. The molecule has 4 heteroatoms. The molecule has 0 N–H and O–H groups in total. The van der Waals surface area contributed by atoms with Crippen LogP contribution in [0, 0.1) is 13.8 Å². The molecule has 0 unspecified atom stereocenters. The molecule has 0 aliphatic rings. The van der Waals surface area contributed by atoms with Crippen LogP contribution in [0.1, 0.15) is 11.1 Å². The third-order valence-electron chi connectivity index (χ3n) is 6.62. The number of halogens is 2. The second-order valence-corrected chi connectivity index (χ2v) is 10.8. The van der Waals surface area contributed by atoms with Gasteiger partial charge in [0.25, 0.3) is 0 Å². The molecule has 0 bridgehead atoms. The van der Waals surface area contributed by atoms with E-state index in [-0.39, 0.29) is 50.7 Å². The van der Waals surface area contributed by atoms with Gasteiger partial charge in [-0.25, -0.2) is 0 Å². The van der Waals surface area contributed by atoms with E-state index in [9.17, 15) is 0 Å². The predicted molar refractivity (Wildman–Crippen MR) is 174 cm³/mol. The van der Waals surface area contributed by atoms with Crippen molar-refractivity contribution in [2.75, 3.05) is 0 Å². The van der Waals surface area contributed by atoms with Crippen molar-refractivity contribution < 1.29 is 50.7 Å². The second kappa shape index (κ2) is 19.4. The van der Waals surface area contributed by atoms with Crippen LogP contribution in [0.3, 0.4) is 0 Å². The van der Waals surface area contributed by atoms with Crippen molar-refractivity contribution in [3.63, 3.8) is 0 Å². The molecule has 0 saturated carbocycles. The van der Waals surface area contributed by atoms with Crippen LogP contribution in [0.4, 0.5) is 0 Å². The monoisotopic (exact) mass is 771 g/mol. The minimum atomic E-state index is 0. The maximum atomic E-state index is 2.22. The van der Waals surface area contributed by atoms with E-state index in [0.29, 0.717) is 0 Å². The van der Waals surface area contributed by atoms with Crippen LogP contribution in [0.5, 0.6) is 0 Å². The topological polar surface area (TPSA) is 0 Å². The summed E-state index contributed by atoms with van der Waals surface area (Å²) >= 11 is 0. The largest absolute Gasteiger partial charge is 4.00 e. The van der Waals surface area contributed by atoms with Gasteiger partial charge in [0.05, 0.1) is 0 Å². The zero-order valence-electron chi connectivity index (χ0n) is 24.7. The zero-order chi connectivity index (χ0) is 27.5. The van der Waals surface area contributed by atoms with Gasteiger partial charge < -0.3 is 24.8 Å². The molecule has 1 radical (unpaired) electrons. The Balaban J connectivity index is 0.000000361. The maximum absolute atomic E-state index is 2.22. The number of rotatable bonds is 4. The Morgan fingerprint density at radius 3 is 0.929 bits per heavy atom. The van der Waals surface area contributed by atoms with Gasteiger partial charge >= 0.3 is 25.8 Å². The molecule has 42 heavy (non-hydrogen) atoms. The average Bonchev–Trinajstić information content (AvgIpc) is 3.58. The number of hydrogen-bond donors (Lipinski definition) is 0. The Kier molecular flexibility index (Phi) is 17.3. The van der Waals surface area contributed by atoms with E-state index in [2.05, 4.69) is 173 Å². The standard InChI is InChI=1S/2C18H15.C2H7Si.2ClH.Hf/c2*1-14-12-13-17(15-8-4-2-5-9-15)18(14)16-10-6-3-7-11-16;1-3-2;;;/h2*2-13H,1H3;3H,1-2H3;2*1H;/q2*-1;;;;+4/p-2. The van der Waals surface area contributed by atoms with Gasteiger partial charge in [-0.3, -0.25) is 0 Å². The molecule has 211 valence electrons. The number of benzene rings is 4. The smallest absolute Gasteiger partial charge is 1.00 e. The molecule has 0 amide bonds. The third kappa shape index (κ3) is 9.64. The van der Waals surface area contributed by atoms with E-state index >= 15 is 0 Å². The van der Waals surface area contributed by atoms with Gasteiger partial charge in [0.15, 0.2) is 0 Å². The van der Waals surface area contributed by atoms with Crippen LogP contribution in [0.25, 0.3) is 44.5 Å². The van der Waals surface area contributed by atoms with Gasteiger partial charge in [0.1, 0.15) is 0 Å². The van der Waals surface area contributed by atoms with Gasteiger partial charge in [0, 0.05) is 9.52 Å². The second-order valence-electron chi connectivity index (χ2n) is 9.65. The molecule has 0 aliphatic heterocycles. The summed E-state index contributed by atoms with van der Waals surface area (Å²) in [6.07, 6.45) is 0. The molecule has 6 aromatic carbocycles. The van der Waals surface area contributed by atoms with E-state index in [4.69, 9.17) is 0 Å². The summed E-state index contributed by atoms with van der Waals surface area (Å²) in [6, 6.07) is 51.2.